The molecule has 0 fully saturated rings. The molecular weight excluding hydrogens is 376 g/mol. The van der Waals surface area contributed by atoms with E-state index < -0.39 is 0 Å². The summed E-state index contributed by atoms with van der Waals surface area (Å²) in [4.78, 5) is 22.2. The molecule has 0 aliphatic rings. The summed E-state index contributed by atoms with van der Waals surface area (Å²) < 4.78 is 8.73. The van der Waals surface area contributed by atoms with Crippen molar-refractivity contribution in [2.24, 2.45) is 7.05 Å². The zero-order valence-corrected chi connectivity index (χ0v) is 16.4. The molecule has 4 aromatic rings. The molecule has 0 atom stereocenters. The predicted molar refractivity (Wildman–Crippen MR) is 110 cm³/mol. The number of thioether (sulfide) groups is 1. The van der Waals surface area contributed by atoms with Crippen molar-refractivity contribution in [2.75, 3.05) is 13.7 Å². The molecule has 28 heavy (non-hydrogen) atoms. The number of ether oxygens (including phenoxy) is 1. The summed E-state index contributed by atoms with van der Waals surface area (Å²) in [5, 5.41) is 10.9. The molecule has 4 rings (SSSR count). The van der Waals surface area contributed by atoms with Crippen molar-refractivity contribution < 1.29 is 9.84 Å². The van der Waals surface area contributed by atoms with Gasteiger partial charge in [-0.05, 0) is 29.8 Å². The highest BCUT2D eigenvalue weighted by atomic mass is 32.2. The molecule has 0 spiro atoms. The normalized spacial score (nSPS) is 11.4. The van der Waals surface area contributed by atoms with Gasteiger partial charge in [0.2, 0.25) is 0 Å². The van der Waals surface area contributed by atoms with Crippen LogP contribution in [0.25, 0.3) is 21.9 Å². The lowest BCUT2D eigenvalue weighted by atomic mass is 10.2. The van der Waals surface area contributed by atoms with Crippen LogP contribution in [0.15, 0.2) is 52.7 Å². The van der Waals surface area contributed by atoms with Crippen molar-refractivity contribution in [2.45, 2.75) is 17.5 Å². The largest absolute Gasteiger partial charge is 0.497 e. The lowest BCUT2D eigenvalue weighted by molar-refractivity contribution is 0.268. The molecule has 3 aromatic heterocycles. The first-order chi connectivity index (χ1) is 13.6. The number of aliphatic hydroxyl groups excluding tert-OH is 1. The zero-order chi connectivity index (χ0) is 19.7. The maximum Gasteiger partial charge on any atom is 0.278 e. The van der Waals surface area contributed by atoms with Crippen LogP contribution < -0.4 is 10.3 Å². The average Bonchev–Trinajstić information content (AvgIpc) is 3.01. The number of benzene rings is 1. The minimum Gasteiger partial charge on any atom is -0.497 e. The van der Waals surface area contributed by atoms with Gasteiger partial charge in [0.05, 0.1) is 25.8 Å². The highest BCUT2D eigenvalue weighted by Crippen LogP contribution is 2.30. The Kier molecular flexibility index (Phi) is 5.06. The van der Waals surface area contributed by atoms with Crippen LogP contribution in [0.1, 0.15) is 5.56 Å². The van der Waals surface area contributed by atoms with Crippen molar-refractivity contribution in [3.05, 3.63) is 58.6 Å². The number of hydrogen-bond donors (Lipinski definition) is 1. The molecular formula is C20H20N4O3S. The minimum atomic E-state index is -0.162. The van der Waals surface area contributed by atoms with Crippen LogP contribution >= 0.6 is 11.8 Å². The van der Waals surface area contributed by atoms with Gasteiger partial charge in [-0.15, -0.1) is 0 Å². The van der Waals surface area contributed by atoms with E-state index in [1.54, 1.807) is 24.1 Å². The van der Waals surface area contributed by atoms with E-state index in [2.05, 4.69) is 4.98 Å². The number of rotatable bonds is 6. The summed E-state index contributed by atoms with van der Waals surface area (Å²) in [6, 6.07) is 9.55. The number of fused-ring (bicyclic) bond motifs is 3. The van der Waals surface area contributed by atoms with Gasteiger partial charge in [-0.3, -0.25) is 14.3 Å². The fourth-order valence-corrected chi connectivity index (χ4v) is 4.25. The summed E-state index contributed by atoms with van der Waals surface area (Å²) in [6.07, 6.45) is 3.52. The number of aliphatic hydroxyl groups is 1. The number of pyridine rings is 1. The van der Waals surface area contributed by atoms with Crippen LogP contribution in [0.5, 0.6) is 5.75 Å². The van der Waals surface area contributed by atoms with Gasteiger partial charge < -0.3 is 14.4 Å². The van der Waals surface area contributed by atoms with Crippen LogP contribution in [-0.2, 0) is 19.3 Å². The standard InChI is InChI=1S/C20H20N4O3S/c1-23-16-6-5-14(27-2)10-15(16)17-18(23)19(26)24(8-9-25)20(22-17)28-12-13-4-3-7-21-11-13/h3-7,10-11,25H,8-9,12H2,1-2H3. The number of nitrogens with zero attached hydrogens (tertiary/aromatic N) is 4. The molecule has 8 heteroatoms. The Morgan fingerprint density at radius 1 is 1.29 bits per heavy atom. The van der Waals surface area contributed by atoms with E-state index in [0.29, 0.717) is 27.7 Å². The number of hydrogen-bond acceptors (Lipinski definition) is 6. The molecule has 1 aromatic carbocycles. The summed E-state index contributed by atoms with van der Waals surface area (Å²) >= 11 is 1.46. The van der Waals surface area contributed by atoms with E-state index in [1.165, 1.54) is 11.8 Å². The van der Waals surface area contributed by atoms with Crippen LogP contribution in [0.2, 0.25) is 0 Å². The quantitative estimate of drug-likeness (QED) is 0.398. The third-order valence-electron chi connectivity index (χ3n) is 4.68. The molecule has 1 N–H and O–H groups in total. The molecule has 0 saturated carbocycles. The molecule has 0 radical (unpaired) electrons. The SMILES string of the molecule is COc1ccc2c(c1)c1nc(SCc3cccnc3)n(CCO)c(=O)c1n2C. The van der Waals surface area contributed by atoms with Crippen LogP contribution in [0.4, 0.5) is 0 Å². The van der Waals surface area contributed by atoms with Gasteiger partial charge in [-0.25, -0.2) is 4.98 Å². The van der Waals surface area contributed by atoms with E-state index in [1.807, 2.05) is 41.9 Å². The lowest BCUT2D eigenvalue weighted by Crippen LogP contribution is -2.26. The smallest absolute Gasteiger partial charge is 0.278 e. The molecule has 0 unspecified atom stereocenters. The first-order valence-electron chi connectivity index (χ1n) is 8.83. The third kappa shape index (κ3) is 3.14. The molecule has 0 saturated heterocycles. The van der Waals surface area contributed by atoms with Gasteiger partial charge in [-0.1, -0.05) is 17.8 Å². The predicted octanol–water partition coefficient (Wildman–Crippen LogP) is 2.58. The minimum absolute atomic E-state index is 0.134. The molecule has 0 amide bonds. The Morgan fingerprint density at radius 2 is 2.14 bits per heavy atom. The molecule has 144 valence electrons. The summed E-state index contributed by atoms with van der Waals surface area (Å²) in [6.45, 7) is 0.0628. The maximum absolute atomic E-state index is 13.2. The van der Waals surface area contributed by atoms with Crippen molar-refractivity contribution >= 4 is 33.7 Å². The summed E-state index contributed by atoms with van der Waals surface area (Å²) in [7, 11) is 3.47. The van der Waals surface area contributed by atoms with Crippen LogP contribution in [-0.4, -0.2) is 37.9 Å². The first kappa shape index (κ1) is 18.5. The van der Waals surface area contributed by atoms with E-state index in [0.717, 1.165) is 16.5 Å². The van der Waals surface area contributed by atoms with Crippen molar-refractivity contribution in [1.82, 2.24) is 19.1 Å². The number of aryl methyl sites for hydroxylation is 1. The van der Waals surface area contributed by atoms with Gasteiger partial charge in [0.15, 0.2) is 5.16 Å². The van der Waals surface area contributed by atoms with Gasteiger partial charge in [0, 0.05) is 30.6 Å². The fraction of sp³-hybridized carbons (Fsp3) is 0.250. The second kappa shape index (κ2) is 7.65. The lowest BCUT2D eigenvalue weighted by Gasteiger charge is -2.11. The highest BCUT2D eigenvalue weighted by Gasteiger charge is 2.18. The number of methoxy groups -OCH3 is 1. The topological polar surface area (TPSA) is 82.2 Å². The van der Waals surface area contributed by atoms with Gasteiger partial charge in [0.1, 0.15) is 16.8 Å². The zero-order valence-electron chi connectivity index (χ0n) is 15.6. The van der Waals surface area contributed by atoms with Crippen molar-refractivity contribution in [3.63, 3.8) is 0 Å². The number of aromatic nitrogens is 4. The van der Waals surface area contributed by atoms with E-state index in [9.17, 15) is 9.90 Å². The maximum atomic E-state index is 13.2. The Balaban J connectivity index is 1.91. The molecule has 3 heterocycles. The van der Waals surface area contributed by atoms with Gasteiger partial charge in [0.25, 0.3) is 5.56 Å². The van der Waals surface area contributed by atoms with E-state index in [4.69, 9.17) is 9.72 Å². The summed E-state index contributed by atoms with van der Waals surface area (Å²) in [5.74, 6) is 1.34. The third-order valence-corrected chi connectivity index (χ3v) is 5.73. The van der Waals surface area contributed by atoms with Crippen LogP contribution in [0.3, 0.4) is 0 Å². The molecule has 0 aliphatic heterocycles. The van der Waals surface area contributed by atoms with Gasteiger partial charge in [-0.2, -0.15) is 0 Å². The second-order valence-corrected chi connectivity index (χ2v) is 7.31. The molecule has 0 aliphatic carbocycles. The Labute approximate surface area is 165 Å². The second-order valence-electron chi connectivity index (χ2n) is 6.36. The van der Waals surface area contributed by atoms with E-state index in [-0.39, 0.29) is 18.7 Å². The average molecular weight is 396 g/mol. The van der Waals surface area contributed by atoms with Crippen molar-refractivity contribution in [1.29, 1.82) is 0 Å². The Morgan fingerprint density at radius 3 is 2.86 bits per heavy atom. The highest BCUT2D eigenvalue weighted by molar-refractivity contribution is 7.98. The summed E-state index contributed by atoms with van der Waals surface area (Å²) in [5.41, 5.74) is 2.94. The van der Waals surface area contributed by atoms with Crippen LogP contribution in [0, 0.1) is 0 Å². The molecule has 7 nitrogen and oxygen atoms in total. The monoisotopic (exact) mass is 396 g/mol. The van der Waals surface area contributed by atoms with Gasteiger partial charge >= 0.3 is 0 Å². The fourth-order valence-electron chi connectivity index (χ4n) is 3.30. The Hall–Kier alpha value is -2.84. The van der Waals surface area contributed by atoms with E-state index >= 15 is 0 Å². The molecule has 0 bridgehead atoms. The Bertz CT molecular complexity index is 1200. The first-order valence-corrected chi connectivity index (χ1v) is 9.82. The van der Waals surface area contributed by atoms with Crippen molar-refractivity contribution in [3.8, 4) is 5.75 Å².